The minimum atomic E-state index is -0.493. The number of benzene rings is 1. The molecule has 1 saturated heterocycles. The van der Waals surface area contributed by atoms with E-state index in [1.54, 1.807) is 12.1 Å². The first-order valence-corrected chi connectivity index (χ1v) is 6.35. The van der Waals surface area contributed by atoms with Gasteiger partial charge < -0.3 is 0 Å². The minimum absolute atomic E-state index is 0.0337. The summed E-state index contributed by atoms with van der Waals surface area (Å²) >= 11 is 0. The van der Waals surface area contributed by atoms with Gasteiger partial charge in [-0.05, 0) is 24.5 Å². The highest BCUT2D eigenvalue weighted by Gasteiger charge is 2.22. The molecule has 0 saturated carbocycles. The number of nitro benzene ring substituents is 1. The van der Waals surface area contributed by atoms with E-state index in [9.17, 15) is 19.7 Å². The van der Waals surface area contributed by atoms with Crippen LogP contribution in [0.1, 0.15) is 24.8 Å². The highest BCUT2D eigenvalue weighted by atomic mass is 16.6. The minimum Gasteiger partial charge on any atom is -0.279 e. The molecule has 0 bridgehead atoms. The van der Waals surface area contributed by atoms with Crippen molar-refractivity contribution in [3.8, 4) is 0 Å². The van der Waals surface area contributed by atoms with E-state index in [-0.39, 0.29) is 17.5 Å². The van der Waals surface area contributed by atoms with Gasteiger partial charge in [0.05, 0.1) is 4.92 Å². The number of imide groups is 1. The summed E-state index contributed by atoms with van der Waals surface area (Å²) in [6.07, 6.45) is 4.80. The van der Waals surface area contributed by atoms with E-state index in [4.69, 9.17) is 0 Å². The Balaban J connectivity index is 2.08. The monoisotopic (exact) mass is 274 g/mol. The third-order valence-electron chi connectivity index (χ3n) is 3.09. The molecule has 0 atom stereocenters. The van der Waals surface area contributed by atoms with Crippen LogP contribution in [-0.2, 0) is 9.59 Å². The van der Waals surface area contributed by atoms with Gasteiger partial charge in [0.1, 0.15) is 0 Å². The van der Waals surface area contributed by atoms with E-state index in [1.165, 1.54) is 29.2 Å². The standard InChI is InChI=1S/C14H14N2O4/c17-13-6-1-2-9-15(13)14(18)8-7-11-4-3-5-12(10-11)16(19)20/h3-5,7-8,10H,1-2,6,9H2/b8-7+. The van der Waals surface area contributed by atoms with Gasteiger partial charge in [0.2, 0.25) is 5.91 Å². The molecule has 20 heavy (non-hydrogen) atoms. The van der Waals surface area contributed by atoms with Crippen LogP contribution in [0.15, 0.2) is 30.3 Å². The Labute approximate surface area is 115 Å². The highest BCUT2D eigenvalue weighted by molar-refractivity contribution is 6.03. The number of amides is 2. The molecule has 1 aromatic rings. The quantitative estimate of drug-likeness (QED) is 0.480. The molecule has 0 N–H and O–H groups in total. The topological polar surface area (TPSA) is 80.5 Å². The van der Waals surface area contributed by atoms with Crippen LogP contribution in [0.25, 0.3) is 6.08 Å². The van der Waals surface area contributed by atoms with Crippen molar-refractivity contribution in [3.63, 3.8) is 0 Å². The van der Waals surface area contributed by atoms with Crippen LogP contribution < -0.4 is 0 Å². The summed E-state index contributed by atoms with van der Waals surface area (Å²) in [5.74, 6) is -0.536. The Morgan fingerprint density at radius 2 is 2.15 bits per heavy atom. The van der Waals surface area contributed by atoms with Crippen molar-refractivity contribution < 1.29 is 14.5 Å². The summed E-state index contributed by atoms with van der Waals surface area (Å²) in [5, 5.41) is 10.6. The fourth-order valence-electron chi connectivity index (χ4n) is 2.04. The van der Waals surface area contributed by atoms with Gasteiger partial charge in [-0.3, -0.25) is 24.6 Å². The zero-order chi connectivity index (χ0) is 14.5. The van der Waals surface area contributed by atoms with E-state index in [0.717, 1.165) is 12.8 Å². The summed E-state index contributed by atoms with van der Waals surface area (Å²) < 4.78 is 0. The number of rotatable bonds is 3. The van der Waals surface area contributed by atoms with E-state index in [2.05, 4.69) is 0 Å². The SMILES string of the molecule is O=C(/C=C/c1cccc([N+](=O)[O-])c1)N1CCCCC1=O. The number of piperidine rings is 1. The highest BCUT2D eigenvalue weighted by Crippen LogP contribution is 2.15. The Hall–Kier alpha value is -2.50. The first-order chi connectivity index (χ1) is 9.58. The molecule has 0 aliphatic carbocycles. The Morgan fingerprint density at radius 3 is 2.85 bits per heavy atom. The molecular formula is C14H14N2O4. The smallest absolute Gasteiger partial charge is 0.270 e. The molecule has 1 aliphatic rings. The first-order valence-electron chi connectivity index (χ1n) is 6.35. The molecule has 2 rings (SSSR count). The molecular weight excluding hydrogens is 260 g/mol. The molecule has 1 aromatic carbocycles. The molecule has 6 nitrogen and oxygen atoms in total. The predicted molar refractivity (Wildman–Crippen MR) is 72.7 cm³/mol. The second-order valence-electron chi connectivity index (χ2n) is 4.53. The number of carbonyl (C=O) groups is 2. The van der Waals surface area contributed by atoms with Gasteiger partial charge in [-0.25, -0.2) is 0 Å². The van der Waals surface area contributed by atoms with Crippen LogP contribution in [0.4, 0.5) is 5.69 Å². The fourth-order valence-corrected chi connectivity index (χ4v) is 2.04. The van der Waals surface area contributed by atoms with Crippen molar-refractivity contribution in [2.24, 2.45) is 0 Å². The number of hydrogen-bond donors (Lipinski definition) is 0. The summed E-state index contributed by atoms with van der Waals surface area (Å²) in [6.45, 7) is 0.441. The molecule has 6 heteroatoms. The third kappa shape index (κ3) is 3.28. The lowest BCUT2D eigenvalue weighted by molar-refractivity contribution is -0.384. The second kappa shape index (κ2) is 6.10. The summed E-state index contributed by atoms with van der Waals surface area (Å²) in [5.41, 5.74) is 0.519. The molecule has 1 aliphatic heterocycles. The lowest BCUT2D eigenvalue weighted by Gasteiger charge is -2.23. The molecule has 0 radical (unpaired) electrons. The van der Waals surface area contributed by atoms with Crippen LogP contribution in [0.2, 0.25) is 0 Å². The second-order valence-corrected chi connectivity index (χ2v) is 4.53. The summed E-state index contributed by atoms with van der Waals surface area (Å²) in [7, 11) is 0. The van der Waals surface area contributed by atoms with Gasteiger partial charge in [0.25, 0.3) is 11.6 Å². The van der Waals surface area contributed by atoms with Gasteiger partial charge in [0.15, 0.2) is 0 Å². The van der Waals surface area contributed by atoms with Gasteiger partial charge >= 0.3 is 0 Å². The van der Waals surface area contributed by atoms with Crippen molar-refractivity contribution in [2.45, 2.75) is 19.3 Å². The Kier molecular flexibility index (Phi) is 4.24. The summed E-state index contributed by atoms with van der Waals surface area (Å²) in [6, 6.07) is 5.97. The number of likely N-dealkylation sites (tertiary alicyclic amines) is 1. The molecule has 0 aromatic heterocycles. The van der Waals surface area contributed by atoms with Crippen molar-refractivity contribution in [2.75, 3.05) is 6.54 Å². The zero-order valence-corrected chi connectivity index (χ0v) is 10.8. The lowest BCUT2D eigenvalue weighted by Crippen LogP contribution is -2.39. The largest absolute Gasteiger partial charge is 0.279 e. The number of nitrogens with zero attached hydrogens (tertiary/aromatic N) is 2. The van der Waals surface area contributed by atoms with Crippen LogP contribution >= 0.6 is 0 Å². The van der Waals surface area contributed by atoms with Crippen LogP contribution in [0, 0.1) is 10.1 Å². The fraction of sp³-hybridized carbons (Fsp3) is 0.286. The van der Waals surface area contributed by atoms with Crippen molar-refractivity contribution in [1.82, 2.24) is 4.90 Å². The molecule has 2 amide bonds. The number of non-ortho nitro benzene ring substituents is 1. The normalized spacial score (nSPS) is 15.6. The van der Waals surface area contributed by atoms with Gasteiger partial charge in [-0.1, -0.05) is 12.1 Å². The Bertz CT molecular complexity index is 580. The third-order valence-corrected chi connectivity index (χ3v) is 3.09. The van der Waals surface area contributed by atoms with Gasteiger partial charge in [-0.15, -0.1) is 0 Å². The van der Waals surface area contributed by atoms with Crippen LogP contribution in [0.3, 0.4) is 0 Å². The summed E-state index contributed by atoms with van der Waals surface area (Å²) in [4.78, 5) is 34.8. The average molecular weight is 274 g/mol. The average Bonchev–Trinajstić information content (AvgIpc) is 2.45. The number of carbonyl (C=O) groups excluding carboxylic acids is 2. The molecule has 0 unspecified atom stereocenters. The maximum absolute atomic E-state index is 11.9. The molecule has 1 fully saturated rings. The maximum Gasteiger partial charge on any atom is 0.270 e. The molecule has 104 valence electrons. The van der Waals surface area contributed by atoms with Crippen molar-refractivity contribution in [1.29, 1.82) is 0 Å². The van der Waals surface area contributed by atoms with Gasteiger partial charge in [0, 0.05) is 31.2 Å². The predicted octanol–water partition coefficient (Wildman–Crippen LogP) is 2.15. The lowest BCUT2D eigenvalue weighted by atomic mass is 10.1. The van der Waals surface area contributed by atoms with Crippen LogP contribution in [-0.4, -0.2) is 28.2 Å². The molecule has 0 spiro atoms. The van der Waals surface area contributed by atoms with Crippen molar-refractivity contribution in [3.05, 3.63) is 46.0 Å². The van der Waals surface area contributed by atoms with Gasteiger partial charge in [-0.2, -0.15) is 0 Å². The first kappa shape index (κ1) is 13.9. The Morgan fingerprint density at radius 1 is 1.35 bits per heavy atom. The van der Waals surface area contributed by atoms with E-state index in [1.807, 2.05) is 0 Å². The van der Waals surface area contributed by atoms with Crippen molar-refractivity contribution >= 4 is 23.6 Å². The zero-order valence-electron chi connectivity index (χ0n) is 10.8. The van der Waals surface area contributed by atoms with E-state index in [0.29, 0.717) is 18.5 Å². The molecule has 1 heterocycles. The number of nitro groups is 1. The maximum atomic E-state index is 11.9. The van der Waals surface area contributed by atoms with E-state index < -0.39 is 4.92 Å². The van der Waals surface area contributed by atoms with E-state index >= 15 is 0 Å². The van der Waals surface area contributed by atoms with Crippen LogP contribution in [0.5, 0.6) is 0 Å². The number of hydrogen-bond acceptors (Lipinski definition) is 4.